The van der Waals surface area contributed by atoms with Crippen molar-refractivity contribution in [3.8, 4) is 10.6 Å². The van der Waals surface area contributed by atoms with Gasteiger partial charge in [-0.05, 0) is 60.5 Å². The number of amides is 2. The third kappa shape index (κ3) is 5.50. The molecule has 4 heterocycles. The Balaban J connectivity index is 1.31. The van der Waals surface area contributed by atoms with Crippen molar-refractivity contribution in [3.63, 3.8) is 0 Å². The minimum absolute atomic E-state index is 0.120. The number of carbonyl (C=O) groups excluding carboxylic acids is 2. The van der Waals surface area contributed by atoms with Gasteiger partial charge in [0, 0.05) is 44.2 Å². The molecule has 6 aromatic rings. The number of hydrogen-bond acceptors (Lipinski definition) is 7. The quantitative estimate of drug-likeness (QED) is 0.236. The first-order valence-corrected chi connectivity index (χ1v) is 13.8. The van der Waals surface area contributed by atoms with Crippen molar-refractivity contribution in [3.05, 3.63) is 113 Å². The average molecular weight is 563 g/mol. The van der Waals surface area contributed by atoms with Gasteiger partial charge in [-0.25, -0.2) is 9.97 Å². The van der Waals surface area contributed by atoms with Gasteiger partial charge in [0.15, 0.2) is 11.7 Å². The molecule has 2 aromatic carbocycles. The third-order valence-electron chi connectivity index (χ3n) is 6.71. The lowest BCUT2D eigenvalue weighted by Crippen LogP contribution is -2.26. The van der Waals surface area contributed by atoms with E-state index in [1.165, 1.54) is 11.3 Å². The van der Waals surface area contributed by atoms with Crippen LogP contribution in [0.5, 0.6) is 0 Å². The van der Waals surface area contributed by atoms with Crippen LogP contribution in [0.3, 0.4) is 0 Å². The highest BCUT2D eigenvalue weighted by Crippen LogP contribution is 2.30. The van der Waals surface area contributed by atoms with Crippen molar-refractivity contribution < 1.29 is 14.0 Å². The maximum absolute atomic E-state index is 13.3. The Morgan fingerprint density at radius 1 is 1.02 bits per heavy atom. The zero-order valence-corrected chi connectivity index (χ0v) is 23.3. The Morgan fingerprint density at radius 2 is 1.88 bits per heavy atom. The molecule has 0 saturated carbocycles. The molecule has 0 aliphatic rings. The number of benzene rings is 2. The van der Waals surface area contributed by atoms with Crippen LogP contribution in [-0.2, 0) is 13.0 Å². The maximum atomic E-state index is 13.3. The first-order valence-electron chi connectivity index (χ1n) is 13.0. The molecule has 0 saturated heterocycles. The number of nitrogens with one attached hydrogen (secondary N) is 1. The summed E-state index contributed by atoms with van der Waals surface area (Å²) in [6.07, 6.45) is 5.92. The minimum atomic E-state index is -0.271. The Hall–Kier alpha value is -5.09. The average Bonchev–Trinajstić information content (AvgIpc) is 3.74. The summed E-state index contributed by atoms with van der Waals surface area (Å²) in [6, 6.07) is 22.3. The zero-order valence-electron chi connectivity index (χ0n) is 22.4. The molecule has 0 bridgehead atoms. The van der Waals surface area contributed by atoms with Crippen LogP contribution in [0.2, 0.25) is 0 Å². The van der Waals surface area contributed by atoms with E-state index in [9.17, 15) is 9.59 Å². The van der Waals surface area contributed by atoms with Crippen LogP contribution in [0.25, 0.3) is 21.7 Å². The van der Waals surface area contributed by atoms with Gasteiger partial charge in [0.05, 0.1) is 27.0 Å². The summed E-state index contributed by atoms with van der Waals surface area (Å²) in [5, 5.41) is 3.00. The predicted molar refractivity (Wildman–Crippen MR) is 159 cm³/mol. The molecular weight excluding hydrogens is 536 g/mol. The van der Waals surface area contributed by atoms with Crippen LogP contribution in [0.4, 0.5) is 11.6 Å². The van der Waals surface area contributed by atoms with Gasteiger partial charge in [-0.3, -0.25) is 19.9 Å². The third-order valence-corrected chi connectivity index (χ3v) is 7.81. The molecule has 0 atom stereocenters. The topological polar surface area (TPSA) is 106 Å². The summed E-state index contributed by atoms with van der Waals surface area (Å²) < 4.78 is 7.59. The molecule has 0 aliphatic carbocycles. The van der Waals surface area contributed by atoms with E-state index < -0.39 is 0 Å². The van der Waals surface area contributed by atoms with Crippen LogP contribution in [0.1, 0.15) is 31.5 Å². The van der Waals surface area contributed by atoms with Crippen molar-refractivity contribution in [1.82, 2.24) is 19.5 Å². The molecule has 0 unspecified atom stereocenters. The Bertz CT molecular complexity index is 1840. The molecule has 10 heteroatoms. The summed E-state index contributed by atoms with van der Waals surface area (Å²) in [5.74, 6) is 1.22. The van der Waals surface area contributed by atoms with Gasteiger partial charge in [-0.1, -0.05) is 24.3 Å². The molecule has 4 aromatic heterocycles. The maximum Gasteiger partial charge on any atom is 0.268 e. The van der Waals surface area contributed by atoms with E-state index in [1.54, 1.807) is 49.5 Å². The van der Waals surface area contributed by atoms with Gasteiger partial charge in [0.25, 0.3) is 11.8 Å². The molecule has 0 radical (unpaired) electrons. The highest BCUT2D eigenvalue weighted by atomic mass is 32.1. The fourth-order valence-corrected chi connectivity index (χ4v) is 5.41. The van der Waals surface area contributed by atoms with Gasteiger partial charge in [-0.15, -0.1) is 11.3 Å². The summed E-state index contributed by atoms with van der Waals surface area (Å²) >= 11 is 1.32. The highest BCUT2D eigenvalue weighted by Gasteiger charge is 2.19. The Labute approximate surface area is 240 Å². The van der Waals surface area contributed by atoms with Crippen molar-refractivity contribution >= 4 is 45.8 Å². The van der Waals surface area contributed by atoms with Gasteiger partial charge in [0.1, 0.15) is 0 Å². The van der Waals surface area contributed by atoms with E-state index in [0.29, 0.717) is 52.2 Å². The number of anilines is 2. The number of aryl methyl sites for hydroxylation is 3. The van der Waals surface area contributed by atoms with Crippen molar-refractivity contribution in [2.45, 2.75) is 19.9 Å². The molecular formula is C31H26N6O3S. The number of imidazole rings is 1. The fourth-order valence-electron chi connectivity index (χ4n) is 4.56. The number of nitrogens with zero attached hydrogens (tertiary/aromatic N) is 5. The van der Waals surface area contributed by atoms with Gasteiger partial charge in [-0.2, -0.15) is 0 Å². The van der Waals surface area contributed by atoms with E-state index in [2.05, 4.69) is 15.3 Å². The summed E-state index contributed by atoms with van der Waals surface area (Å²) in [6.45, 7) is 2.35. The number of pyridine rings is 1. The summed E-state index contributed by atoms with van der Waals surface area (Å²) in [5.41, 5.74) is 3.88. The minimum Gasteiger partial charge on any atom is -0.440 e. The standard InChI is InChI=1S/C31H26N6O3S/c1-20-33-19-26(40-20)27-12-13-28(41-27)29(38)35-31-34-24-17-23(36(2)30(39)22-8-4-3-5-9-22)10-11-25(24)37(31)16-14-21-7-6-15-32-18-21/h3-13,15,17-19H,14,16H2,1-2H3,(H,34,35,38). The highest BCUT2D eigenvalue weighted by molar-refractivity contribution is 7.17. The fraction of sp³-hybridized carbons (Fsp3) is 0.129. The van der Waals surface area contributed by atoms with E-state index in [0.717, 1.165) is 16.0 Å². The lowest BCUT2D eigenvalue weighted by Gasteiger charge is -2.17. The van der Waals surface area contributed by atoms with E-state index in [1.807, 2.05) is 65.4 Å². The number of aromatic nitrogens is 4. The van der Waals surface area contributed by atoms with Crippen molar-refractivity contribution in [1.29, 1.82) is 0 Å². The first kappa shape index (κ1) is 26.1. The van der Waals surface area contributed by atoms with Crippen LogP contribution >= 0.6 is 11.3 Å². The molecule has 0 fully saturated rings. The Morgan fingerprint density at radius 3 is 2.63 bits per heavy atom. The Kier molecular flexibility index (Phi) is 7.13. The van der Waals surface area contributed by atoms with Gasteiger partial charge in [0.2, 0.25) is 5.95 Å². The molecule has 9 nitrogen and oxygen atoms in total. The van der Waals surface area contributed by atoms with Crippen LogP contribution < -0.4 is 10.2 Å². The molecule has 2 amide bonds. The summed E-state index contributed by atoms with van der Waals surface area (Å²) in [7, 11) is 1.74. The smallest absolute Gasteiger partial charge is 0.268 e. The van der Waals surface area contributed by atoms with Gasteiger partial charge >= 0.3 is 0 Å². The molecule has 204 valence electrons. The van der Waals surface area contributed by atoms with Crippen LogP contribution in [0, 0.1) is 6.92 Å². The number of hydrogen-bond donors (Lipinski definition) is 1. The number of fused-ring (bicyclic) bond motifs is 1. The number of oxazole rings is 1. The molecule has 41 heavy (non-hydrogen) atoms. The monoisotopic (exact) mass is 562 g/mol. The molecule has 0 spiro atoms. The predicted octanol–water partition coefficient (Wildman–Crippen LogP) is 6.23. The zero-order chi connectivity index (χ0) is 28.3. The SMILES string of the molecule is Cc1ncc(-c2ccc(C(=O)Nc3nc4cc(N(C)C(=O)c5ccccc5)ccc4n3CCc3cccnc3)s2)o1. The number of carbonyl (C=O) groups is 2. The second-order valence-electron chi connectivity index (χ2n) is 9.46. The van der Waals surface area contributed by atoms with Crippen LogP contribution in [0.15, 0.2) is 95.8 Å². The molecule has 0 aliphatic heterocycles. The van der Waals surface area contributed by atoms with Gasteiger partial charge < -0.3 is 13.9 Å². The second-order valence-corrected chi connectivity index (χ2v) is 10.5. The molecule has 6 rings (SSSR count). The largest absolute Gasteiger partial charge is 0.440 e. The lowest BCUT2D eigenvalue weighted by molar-refractivity contribution is 0.0991. The van der Waals surface area contributed by atoms with E-state index in [4.69, 9.17) is 9.40 Å². The molecule has 1 N–H and O–H groups in total. The van der Waals surface area contributed by atoms with Crippen LogP contribution in [-0.4, -0.2) is 38.4 Å². The van der Waals surface area contributed by atoms with Crippen molar-refractivity contribution in [2.24, 2.45) is 0 Å². The number of thiophene rings is 1. The van der Waals surface area contributed by atoms with E-state index >= 15 is 0 Å². The van der Waals surface area contributed by atoms with Crippen molar-refractivity contribution in [2.75, 3.05) is 17.3 Å². The normalized spacial score (nSPS) is 11.1. The van der Waals surface area contributed by atoms with E-state index in [-0.39, 0.29) is 11.8 Å². The first-order chi connectivity index (χ1) is 20.0. The second kappa shape index (κ2) is 11.2. The lowest BCUT2D eigenvalue weighted by atomic mass is 10.2. The summed E-state index contributed by atoms with van der Waals surface area (Å²) in [4.78, 5) is 42.5. The number of rotatable bonds is 8.